The summed E-state index contributed by atoms with van der Waals surface area (Å²) in [5.41, 5.74) is 11.9. The minimum atomic E-state index is -0.613. The van der Waals surface area contributed by atoms with Gasteiger partial charge in [0, 0.05) is 5.56 Å². The number of carbonyl (C=O) groups excluding carboxylic acids is 2. The Labute approximate surface area is 113 Å². The minimum Gasteiger partial charge on any atom is -0.320 e. The molecule has 0 saturated heterocycles. The van der Waals surface area contributed by atoms with E-state index in [2.05, 4.69) is 10.9 Å². The Bertz CT molecular complexity index is 441. The van der Waals surface area contributed by atoms with Crippen LogP contribution in [0.4, 0.5) is 0 Å². The van der Waals surface area contributed by atoms with Crippen LogP contribution in [0.25, 0.3) is 0 Å². The van der Waals surface area contributed by atoms with Gasteiger partial charge in [-0.05, 0) is 31.4 Å². The van der Waals surface area contributed by atoms with Crippen LogP contribution in [0.15, 0.2) is 24.3 Å². The molecule has 1 aromatic rings. The molecule has 4 N–H and O–H groups in total. The van der Waals surface area contributed by atoms with Gasteiger partial charge in [-0.25, -0.2) is 0 Å². The number of rotatable bonds is 4. The van der Waals surface area contributed by atoms with Crippen molar-refractivity contribution in [2.24, 2.45) is 11.7 Å². The lowest BCUT2D eigenvalue weighted by atomic mass is 10.0. The van der Waals surface area contributed by atoms with E-state index in [1.807, 2.05) is 32.9 Å². The van der Waals surface area contributed by atoms with Crippen molar-refractivity contribution in [3.8, 4) is 0 Å². The number of hydrogen-bond donors (Lipinski definition) is 3. The third kappa shape index (κ3) is 5.09. The van der Waals surface area contributed by atoms with Gasteiger partial charge in [0.2, 0.25) is 0 Å². The predicted molar refractivity (Wildman–Crippen MR) is 74.2 cm³/mol. The van der Waals surface area contributed by atoms with Gasteiger partial charge in [-0.2, -0.15) is 0 Å². The van der Waals surface area contributed by atoms with E-state index in [9.17, 15) is 9.59 Å². The third-order valence-corrected chi connectivity index (χ3v) is 2.68. The zero-order valence-electron chi connectivity index (χ0n) is 11.6. The van der Waals surface area contributed by atoms with E-state index < -0.39 is 6.04 Å². The molecule has 1 rings (SSSR count). The summed E-state index contributed by atoms with van der Waals surface area (Å²) in [6, 6.07) is 6.45. The molecule has 2 amide bonds. The second-order valence-corrected chi connectivity index (χ2v) is 5.05. The lowest BCUT2D eigenvalue weighted by Crippen LogP contribution is -2.49. The molecule has 1 aromatic carbocycles. The summed E-state index contributed by atoms with van der Waals surface area (Å²) < 4.78 is 0. The molecule has 0 saturated carbocycles. The quantitative estimate of drug-likeness (QED) is 0.712. The lowest BCUT2D eigenvalue weighted by Gasteiger charge is -2.14. The van der Waals surface area contributed by atoms with Crippen molar-refractivity contribution >= 4 is 11.8 Å². The molecule has 1 atom stereocenters. The molecular weight excluding hydrogens is 242 g/mol. The van der Waals surface area contributed by atoms with Crippen molar-refractivity contribution in [1.29, 1.82) is 0 Å². The van der Waals surface area contributed by atoms with Crippen LogP contribution in [0.2, 0.25) is 0 Å². The van der Waals surface area contributed by atoms with Crippen LogP contribution in [0.5, 0.6) is 0 Å². The molecule has 0 aliphatic rings. The van der Waals surface area contributed by atoms with Crippen LogP contribution in [-0.4, -0.2) is 17.9 Å². The van der Waals surface area contributed by atoms with Crippen LogP contribution in [-0.2, 0) is 4.79 Å². The Kier molecular flexibility index (Phi) is 5.51. The number of nitrogens with one attached hydrogen (secondary N) is 2. The summed E-state index contributed by atoms with van der Waals surface area (Å²) in [7, 11) is 0. The van der Waals surface area contributed by atoms with E-state index in [1.54, 1.807) is 12.1 Å². The monoisotopic (exact) mass is 263 g/mol. The van der Waals surface area contributed by atoms with Crippen LogP contribution < -0.4 is 16.6 Å². The first kappa shape index (κ1) is 15.2. The van der Waals surface area contributed by atoms with Gasteiger partial charge in [-0.15, -0.1) is 0 Å². The summed E-state index contributed by atoms with van der Waals surface area (Å²) in [6.07, 6.45) is 0.576. The zero-order valence-corrected chi connectivity index (χ0v) is 11.6. The number of benzene rings is 1. The Morgan fingerprint density at radius 2 is 1.74 bits per heavy atom. The highest BCUT2D eigenvalue weighted by Crippen LogP contribution is 2.03. The van der Waals surface area contributed by atoms with Crippen LogP contribution in [0.3, 0.4) is 0 Å². The van der Waals surface area contributed by atoms with Crippen molar-refractivity contribution in [3.63, 3.8) is 0 Å². The molecule has 19 heavy (non-hydrogen) atoms. The molecule has 0 aromatic heterocycles. The average molecular weight is 263 g/mol. The Balaban J connectivity index is 2.46. The smallest absolute Gasteiger partial charge is 0.269 e. The van der Waals surface area contributed by atoms with E-state index in [1.165, 1.54) is 0 Å². The Morgan fingerprint density at radius 3 is 2.26 bits per heavy atom. The molecular formula is C14H21N3O2. The SMILES string of the molecule is Cc1ccc(C(=O)NNC(=O)C(N)CC(C)C)cc1. The molecule has 104 valence electrons. The van der Waals surface area contributed by atoms with E-state index in [4.69, 9.17) is 5.73 Å². The van der Waals surface area contributed by atoms with Gasteiger partial charge in [-0.1, -0.05) is 31.5 Å². The van der Waals surface area contributed by atoms with E-state index >= 15 is 0 Å². The van der Waals surface area contributed by atoms with Crippen molar-refractivity contribution in [3.05, 3.63) is 35.4 Å². The van der Waals surface area contributed by atoms with Crippen LogP contribution in [0.1, 0.15) is 36.2 Å². The maximum absolute atomic E-state index is 11.7. The molecule has 0 heterocycles. The van der Waals surface area contributed by atoms with Gasteiger partial charge in [-0.3, -0.25) is 20.4 Å². The van der Waals surface area contributed by atoms with E-state index in [0.717, 1.165) is 5.56 Å². The number of nitrogens with two attached hydrogens (primary N) is 1. The fraction of sp³-hybridized carbons (Fsp3) is 0.429. The Morgan fingerprint density at radius 1 is 1.16 bits per heavy atom. The molecule has 0 aliphatic heterocycles. The number of amides is 2. The molecule has 0 fully saturated rings. The highest BCUT2D eigenvalue weighted by atomic mass is 16.2. The number of carbonyl (C=O) groups is 2. The number of hydrazine groups is 1. The summed E-state index contributed by atoms with van der Waals surface area (Å²) in [5.74, 6) is -0.409. The van der Waals surface area contributed by atoms with Crippen LogP contribution in [0, 0.1) is 12.8 Å². The van der Waals surface area contributed by atoms with Crippen LogP contribution >= 0.6 is 0 Å². The van der Waals surface area contributed by atoms with Gasteiger partial charge >= 0.3 is 0 Å². The molecule has 0 bridgehead atoms. The summed E-state index contributed by atoms with van der Waals surface area (Å²) in [6.45, 7) is 5.91. The molecule has 0 radical (unpaired) electrons. The van der Waals surface area contributed by atoms with Gasteiger partial charge in [0.1, 0.15) is 0 Å². The fourth-order valence-electron chi connectivity index (χ4n) is 1.60. The van der Waals surface area contributed by atoms with Gasteiger partial charge in [0.25, 0.3) is 11.8 Å². The van der Waals surface area contributed by atoms with E-state index in [-0.39, 0.29) is 11.8 Å². The minimum absolute atomic E-state index is 0.327. The highest BCUT2D eigenvalue weighted by Gasteiger charge is 2.15. The van der Waals surface area contributed by atoms with Gasteiger partial charge < -0.3 is 5.73 Å². The summed E-state index contributed by atoms with van der Waals surface area (Å²) in [5, 5.41) is 0. The van der Waals surface area contributed by atoms with Crippen molar-refractivity contribution < 1.29 is 9.59 Å². The maximum atomic E-state index is 11.7. The first-order chi connectivity index (χ1) is 8.90. The lowest BCUT2D eigenvalue weighted by molar-refractivity contribution is -0.123. The predicted octanol–water partition coefficient (Wildman–Crippen LogP) is 1.13. The van der Waals surface area contributed by atoms with Crippen molar-refractivity contribution in [1.82, 2.24) is 10.9 Å². The molecule has 1 unspecified atom stereocenters. The number of aryl methyl sites for hydroxylation is 1. The molecule has 0 spiro atoms. The Hall–Kier alpha value is -1.88. The molecule has 5 nitrogen and oxygen atoms in total. The van der Waals surface area contributed by atoms with Gasteiger partial charge in [0.15, 0.2) is 0 Å². The third-order valence-electron chi connectivity index (χ3n) is 2.68. The van der Waals surface area contributed by atoms with Crippen molar-refractivity contribution in [2.45, 2.75) is 33.2 Å². The first-order valence-electron chi connectivity index (χ1n) is 6.32. The molecule has 5 heteroatoms. The molecule has 0 aliphatic carbocycles. The highest BCUT2D eigenvalue weighted by molar-refractivity contribution is 5.95. The standard InChI is InChI=1S/C14H21N3O2/c1-9(2)8-12(15)14(19)17-16-13(18)11-6-4-10(3)5-7-11/h4-7,9,12H,8,15H2,1-3H3,(H,16,18)(H,17,19). The summed E-state index contributed by atoms with van der Waals surface area (Å²) >= 11 is 0. The van der Waals surface area contributed by atoms with E-state index in [0.29, 0.717) is 17.9 Å². The number of hydrogen-bond acceptors (Lipinski definition) is 3. The average Bonchev–Trinajstić information content (AvgIpc) is 2.35. The fourth-order valence-corrected chi connectivity index (χ4v) is 1.60. The second kappa shape index (κ2) is 6.89. The van der Waals surface area contributed by atoms with Crippen molar-refractivity contribution in [2.75, 3.05) is 0 Å². The summed E-state index contributed by atoms with van der Waals surface area (Å²) in [4.78, 5) is 23.4. The topological polar surface area (TPSA) is 84.2 Å². The largest absolute Gasteiger partial charge is 0.320 e. The van der Waals surface area contributed by atoms with Gasteiger partial charge in [0.05, 0.1) is 6.04 Å². The zero-order chi connectivity index (χ0) is 14.4. The first-order valence-corrected chi connectivity index (χ1v) is 6.32. The second-order valence-electron chi connectivity index (χ2n) is 5.05. The maximum Gasteiger partial charge on any atom is 0.269 e. The normalized spacial score (nSPS) is 12.1.